The van der Waals surface area contributed by atoms with Crippen molar-refractivity contribution in [3.63, 3.8) is 0 Å². The van der Waals surface area contributed by atoms with Gasteiger partial charge < -0.3 is 4.90 Å². The number of benzene rings is 6. The standard InChI is InChI=1S/C42H12F15N/c43-28-25(29(44)35(50)40(55)34(28)49)16-7-19-1-10-22(11-2-19)58(23-12-3-20(4-13-23)8-17-26-30(45)36(51)41(56)37(52)31(26)46)24-14-5-21(6-15-24)9-18-27-32(47)38(53)42(57)39(54)33(27)48/h1-6,10-15H. The zero-order valence-electron chi connectivity index (χ0n) is 28.0. The SMILES string of the molecule is Fc1c(F)c(F)c(C#Cc2ccc(N(c3ccc(C#Cc4c(F)c(F)c(F)c(F)c4F)cc3)c3ccc(C#Cc4c(F)c(F)c(F)c(F)c4F)cc3)cc2)c(F)c1F. The Hall–Kier alpha value is -7.25. The molecule has 1 nitrogen and oxygen atoms in total. The van der Waals surface area contributed by atoms with E-state index in [4.69, 9.17) is 0 Å². The molecular weight excluding hydrogens is 803 g/mol. The topological polar surface area (TPSA) is 3.24 Å². The fourth-order valence-corrected chi connectivity index (χ4v) is 5.08. The van der Waals surface area contributed by atoms with E-state index in [0.717, 1.165) is 0 Å². The van der Waals surface area contributed by atoms with Gasteiger partial charge in [-0.25, -0.2) is 65.9 Å². The summed E-state index contributed by atoms with van der Waals surface area (Å²) in [6.45, 7) is 0. The van der Waals surface area contributed by atoms with Crippen molar-refractivity contribution in [2.24, 2.45) is 0 Å². The van der Waals surface area contributed by atoms with Crippen LogP contribution in [0.1, 0.15) is 33.4 Å². The Morgan fingerprint density at radius 1 is 0.224 bits per heavy atom. The lowest BCUT2D eigenvalue weighted by atomic mass is 10.1. The van der Waals surface area contributed by atoms with Crippen molar-refractivity contribution in [3.8, 4) is 35.5 Å². The highest BCUT2D eigenvalue weighted by Crippen LogP contribution is 2.35. The van der Waals surface area contributed by atoms with Crippen LogP contribution in [0.3, 0.4) is 0 Å². The van der Waals surface area contributed by atoms with Gasteiger partial charge in [-0.1, -0.05) is 35.5 Å². The fourth-order valence-electron chi connectivity index (χ4n) is 5.08. The Morgan fingerprint density at radius 3 is 0.586 bits per heavy atom. The Kier molecular flexibility index (Phi) is 11.2. The molecule has 0 saturated carbocycles. The molecule has 0 aliphatic heterocycles. The van der Waals surface area contributed by atoms with E-state index in [2.05, 4.69) is 17.8 Å². The van der Waals surface area contributed by atoms with Gasteiger partial charge in [0.2, 0.25) is 17.5 Å². The molecule has 6 rings (SSSR count). The smallest absolute Gasteiger partial charge is 0.200 e. The zero-order valence-corrected chi connectivity index (χ0v) is 28.0. The van der Waals surface area contributed by atoms with Crippen LogP contribution >= 0.6 is 0 Å². The molecule has 0 aromatic heterocycles. The number of hydrogen-bond acceptors (Lipinski definition) is 1. The molecule has 58 heavy (non-hydrogen) atoms. The molecule has 0 bridgehead atoms. The molecule has 290 valence electrons. The van der Waals surface area contributed by atoms with Crippen LogP contribution < -0.4 is 4.90 Å². The van der Waals surface area contributed by atoms with Crippen LogP contribution in [0.15, 0.2) is 72.8 Å². The minimum absolute atomic E-state index is 0.0325. The normalized spacial score (nSPS) is 10.6. The van der Waals surface area contributed by atoms with Gasteiger partial charge in [0.25, 0.3) is 0 Å². The molecule has 6 aromatic carbocycles. The van der Waals surface area contributed by atoms with Crippen molar-refractivity contribution in [2.45, 2.75) is 0 Å². The van der Waals surface area contributed by atoms with Crippen LogP contribution in [0.2, 0.25) is 0 Å². The van der Waals surface area contributed by atoms with Crippen molar-refractivity contribution in [2.75, 3.05) is 4.90 Å². The lowest BCUT2D eigenvalue weighted by molar-refractivity contribution is 0.376. The molecule has 0 unspecified atom stereocenters. The third kappa shape index (κ3) is 7.50. The average molecular weight is 816 g/mol. The van der Waals surface area contributed by atoms with Gasteiger partial charge in [-0.15, -0.1) is 0 Å². The summed E-state index contributed by atoms with van der Waals surface area (Å²) in [7, 11) is 0. The fraction of sp³-hybridized carbons (Fsp3) is 0. The first-order valence-corrected chi connectivity index (χ1v) is 15.7. The monoisotopic (exact) mass is 815 g/mol. The van der Waals surface area contributed by atoms with Gasteiger partial charge in [0.1, 0.15) is 16.7 Å². The van der Waals surface area contributed by atoms with Crippen molar-refractivity contribution in [3.05, 3.63) is 193 Å². The van der Waals surface area contributed by atoms with E-state index >= 15 is 0 Å². The summed E-state index contributed by atoms with van der Waals surface area (Å²) in [6, 6.07) is 16.2. The Labute approximate surface area is 316 Å². The van der Waals surface area contributed by atoms with Gasteiger partial charge in [-0.3, -0.25) is 0 Å². The Balaban J connectivity index is 1.37. The van der Waals surface area contributed by atoms with Crippen LogP contribution in [0, 0.1) is 123 Å². The van der Waals surface area contributed by atoms with Crippen LogP contribution in [-0.2, 0) is 0 Å². The summed E-state index contributed by atoms with van der Waals surface area (Å²) in [5, 5.41) is 0. The quantitative estimate of drug-likeness (QED) is 0.0744. The summed E-state index contributed by atoms with van der Waals surface area (Å²) in [6.07, 6.45) is 0. The van der Waals surface area contributed by atoms with E-state index in [1.54, 1.807) is 0 Å². The van der Waals surface area contributed by atoms with E-state index in [9.17, 15) is 65.9 Å². The molecule has 0 radical (unpaired) electrons. The second kappa shape index (κ2) is 16.1. The second-order valence-electron chi connectivity index (χ2n) is 11.6. The lowest BCUT2D eigenvalue weighted by Gasteiger charge is -2.25. The minimum atomic E-state index is -2.37. The number of anilines is 3. The Bertz CT molecular complexity index is 2440. The minimum Gasteiger partial charge on any atom is -0.311 e. The lowest BCUT2D eigenvalue weighted by Crippen LogP contribution is -2.10. The third-order valence-corrected chi connectivity index (χ3v) is 8.00. The summed E-state index contributed by atoms with van der Waals surface area (Å²) in [5.41, 5.74) is -3.16. The molecule has 0 N–H and O–H groups in total. The molecule has 0 heterocycles. The van der Waals surface area contributed by atoms with Gasteiger partial charge in [-0.05, 0) is 72.8 Å². The summed E-state index contributed by atoms with van der Waals surface area (Å²) >= 11 is 0. The van der Waals surface area contributed by atoms with Crippen LogP contribution in [0.25, 0.3) is 0 Å². The van der Waals surface area contributed by atoms with Crippen LogP contribution in [0.4, 0.5) is 82.9 Å². The highest BCUT2D eigenvalue weighted by atomic mass is 19.2. The van der Waals surface area contributed by atoms with Gasteiger partial charge in [-0.2, -0.15) is 0 Å². The molecule has 16 heteroatoms. The summed E-state index contributed by atoms with van der Waals surface area (Å²) in [5.74, 6) is -20.6. The summed E-state index contributed by atoms with van der Waals surface area (Å²) < 4.78 is 207. The van der Waals surface area contributed by atoms with Gasteiger partial charge in [0.05, 0.1) is 0 Å². The molecule has 0 amide bonds. The van der Waals surface area contributed by atoms with E-state index in [1.165, 1.54) is 77.7 Å². The molecule has 6 aromatic rings. The molecule has 0 fully saturated rings. The van der Waals surface area contributed by atoms with E-state index in [1.807, 2.05) is 17.8 Å². The first-order chi connectivity index (χ1) is 27.5. The number of halogens is 15. The number of hydrogen-bond donors (Lipinski definition) is 0. The molecule has 0 saturated heterocycles. The van der Waals surface area contributed by atoms with Gasteiger partial charge in [0, 0.05) is 33.8 Å². The maximum Gasteiger partial charge on any atom is 0.200 e. The number of nitrogens with zero attached hydrogens (tertiary/aromatic N) is 1. The van der Waals surface area contributed by atoms with E-state index < -0.39 is 104 Å². The highest BCUT2D eigenvalue weighted by molar-refractivity contribution is 5.77. The third-order valence-electron chi connectivity index (χ3n) is 8.00. The summed E-state index contributed by atoms with van der Waals surface area (Å²) in [4.78, 5) is 1.50. The zero-order chi connectivity index (χ0) is 42.2. The molecule has 0 aliphatic carbocycles. The van der Waals surface area contributed by atoms with Crippen molar-refractivity contribution >= 4 is 17.1 Å². The molecular formula is C42H12F15N. The predicted molar refractivity (Wildman–Crippen MR) is 178 cm³/mol. The van der Waals surface area contributed by atoms with Crippen molar-refractivity contribution in [1.29, 1.82) is 0 Å². The van der Waals surface area contributed by atoms with Gasteiger partial charge >= 0.3 is 0 Å². The van der Waals surface area contributed by atoms with Crippen LogP contribution in [0.5, 0.6) is 0 Å². The van der Waals surface area contributed by atoms with E-state index in [-0.39, 0.29) is 16.7 Å². The molecule has 0 atom stereocenters. The maximum absolute atomic E-state index is 14.1. The molecule has 0 aliphatic rings. The largest absolute Gasteiger partial charge is 0.311 e. The van der Waals surface area contributed by atoms with Crippen molar-refractivity contribution in [1.82, 2.24) is 0 Å². The maximum atomic E-state index is 14.1. The van der Waals surface area contributed by atoms with Crippen LogP contribution in [-0.4, -0.2) is 0 Å². The second-order valence-corrected chi connectivity index (χ2v) is 11.6. The predicted octanol–water partition coefficient (Wildman–Crippen LogP) is 11.4. The number of rotatable bonds is 3. The highest BCUT2D eigenvalue weighted by Gasteiger charge is 2.27. The molecule has 0 spiro atoms. The van der Waals surface area contributed by atoms with Crippen molar-refractivity contribution < 1.29 is 65.9 Å². The first-order valence-electron chi connectivity index (χ1n) is 15.7. The average Bonchev–Trinajstić information content (AvgIpc) is 3.23. The Morgan fingerprint density at radius 2 is 0.397 bits per heavy atom. The first kappa shape index (κ1) is 40.4. The van der Waals surface area contributed by atoms with E-state index in [0.29, 0.717) is 17.1 Å². The van der Waals surface area contributed by atoms with Gasteiger partial charge in [0.15, 0.2) is 69.8 Å².